The molecule has 1 amide bonds. The number of rotatable bonds is 6. The van der Waals surface area contributed by atoms with Gasteiger partial charge in [0.1, 0.15) is 6.04 Å². The summed E-state index contributed by atoms with van der Waals surface area (Å²) < 4.78 is 26.6. The second-order valence-electron chi connectivity index (χ2n) is 5.41. The maximum Gasteiger partial charge on any atom is 0.322 e. The fraction of sp³-hybridized carbons (Fsp3) is 0.429. The molecule has 0 aromatic heterocycles. The van der Waals surface area contributed by atoms with Crippen molar-refractivity contribution in [2.24, 2.45) is 5.92 Å². The monoisotopic (exact) mass is 328 g/mol. The Morgan fingerprint density at radius 3 is 2.00 bits per heavy atom. The molecule has 8 heteroatoms. The first-order valence-corrected chi connectivity index (χ1v) is 8.11. The molecule has 0 unspecified atom stereocenters. The van der Waals surface area contributed by atoms with Crippen LogP contribution in [-0.4, -0.2) is 50.4 Å². The number of carboxylic acid groups (broad SMARTS) is 1. The smallest absolute Gasteiger partial charge is 0.322 e. The Morgan fingerprint density at radius 2 is 1.64 bits per heavy atom. The summed E-state index contributed by atoms with van der Waals surface area (Å²) in [5.41, 5.74) is 0.350. The van der Waals surface area contributed by atoms with E-state index >= 15 is 0 Å². The number of sulfonamides is 1. The molecule has 0 saturated carbocycles. The molecule has 0 aliphatic rings. The van der Waals surface area contributed by atoms with Crippen molar-refractivity contribution in [1.82, 2.24) is 9.62 Å². The van der Waals surface area contributed by atoms with E-state index in [0.29, 0.717) is 5.56 Å². The van der Waals surface area contributed by atoms with Gasteiger partial charge in [-0.2, -0.15) is 4.72 Å². The van der Waals surface area contributed by atoms with E-state index in [9.17, 15) is 18.0 Å². The van der Waals surface area contributed by atoms with Gasteiger partial charge >= 0.3 is 5.97 Å². The van der Waals surface area contributed by atoms with Crippen LogP contribution in [0, 0.1) is 5.92 Å². The van der Waals surface area contributed by atoms with E-state index < -0.39 is 28.0 Å². The van der Waals surface area contributed by atoms with Gasteiger partial charge in [0.2, 0.25) is 10.0 Å². The minimum Gasteiger partial charge on any atom is -0.480 e. The van der Waals surface area contributed by atoms with Gasteiger partial charge in [-0.1, -0.05) is 13.8 Å². The van der Waals surface area contributed by atoms with Crippen molar-refractivity contribution >= 4 is 21.9 Å². The number of carboxylic acids is 1. The zero-order chi connectivity index (χ0) is 17.1. The van der Waals surface area contributed by atoms with Crippen LogP contribution in [0.2, 0.25) is 0 Å². The average molecular weight is 328 g/mol. The van der Waals surface area contributed by atoms with Crippen molar-refractivity contribution in [1.29, 1.82) is 0 Å². The Bertz CT molecular complexity index is 650. The molecular weight excluding hydrogens is 308 g/mol. The first-order valence-electron chi connectivity index (χ1n) is 6.63. The Hall–Kier alpha value is -1.93. The van der Waals surface area contributed by atoms with Crippen LogP contribution in [0.5, 0.6) is 0 Å². The molecule has 0 aliphatic heterocycles. The fourth-order valence-corrected chi connectivity index (χ4v) is 3.08. The Labute approximate surface area is 130 Å². The molecule has 7 nitrogen and oxygen atoms in total. The van der Waals surface area contributed by atoms with Crippen molar-refractivity contribution in [3.8, 4) is 0 Å². The van der Waals surface area contributed by atoms with Gasteiger partial charge < -0.3 is 10.0 Å². The van der Waals surface area contributed by atoms with Crippen molar-refractivity contribution in [3.05, 3.63) is 29.8 Å². The number of nitrogens with zero attached hydrogens (tertiary/aromatic N) is 1. The highest BCUT2D eigenvalue weighted by Gasteiger charge is 2.28. The van der Waals surface area contributed by atoms with Gasteiger partial charge in [-0.25, -0.2) is 8.42 Å². The molecular formula is C14H20N2O5S. The third-order valence-electron chi connectivity index (χ3n) is 3.03. The van der Waals surface area contributed by atoms with Gasteiger partial charge in [-0.05, 0) is 30.2 Å². The maximum atomic E-state index is 12.2. The van der Waals surface area contributed by atoms with E-state index in [4.69, 9.17) is 5.11 Å². The molecule has 1 aromatic carbocycles. The second kappa shape index (κ2) is 6.89. The Kier molecular flexibility index (Phi) is 5.67. The number of nitrogens with one attached hydrogen (secondary N) is 1. The Balaban J connectivity index is 3.04. The summed E-state index contributed by atoms with van der Waals surface area (Å²) in [4.78, 5) is 24.1. The third-order valence-corrected chi connectivity index (χ3v) is 4.49. The zero-order valence-corrected chi connectivity index (χ0v) is 13.7. The molecule has 22 heavy (non-hydrogen) atoms. The molecule has 0 saturated heterocycles. The van der Waals surface area contributed by atoms with Gasteiger partial charge in [0.15, 0.2) is 0 Å². The Morgan fingerprint density at radius 1 is 1.14 bits per heavy atom. The fourth-order valence-electron chi connectivity index (χ4n) is 1.74. The quantitative estimate of drug-likeness (QED) is 0.803. The van der Waals surface area contributed by atoms with Crippen LogP contribution in [-0.2, 0) is 14.8 Å². The van der Waals surface area contributed by atoms with Gasteiger partial charge in [-0.15, -0.1) is 0 Å². The maximum absolute atomic E-state index is 12.2. The number of hydrogen-bond donors (Lipinski definition) is 2. The molecule has 1 aromatic rings. The van der Waals surface area contributed by atoms with E-state index in [1.54, 1.807) is 27.9 Å². The number of carbonyl (C=O) groups excluding carboxylic acids is 1. The lowest BCUT2D eigenvalue weighted by Gasteiger charge is -2.18. The summed E-state index contributed by atoms with van der Waals surface area (Å²) >= 11 is 0. The number of amides is 1. The van der Waals surface area contributed by atoms with Crippen molar-refractivity contribution in [3.63, 3.8) is 0 Å². The van der Waals surface area contributed by atoms with Crippen LogP contribution in [0.1, 0.15) is 24.2 Å². The molecule has 1 rings (SSSR count). The van der Waals surface area contributed by atoms with E-state index in [-0.39, 0.29) is 10.8 Å². The minimum atomic E-state index is -3.97. The van der Waals surface area contributed by atoms with E-state index in [1.807, 2.05) is 0 Å². The average Bonchev–Trinajstić information content (AvgIpc) is 2.43. The van der Waals surface area contributed by atoms with Crippen LogP contribution >= 0.6 is 0 Å². The predicted octanol–water partition coefficient (Wildman–Crippen LogP) is 0.776. The topological polar surface area (TPSA) is 104 Å². The SMILES string of the molecule is CC(C)[C@@H](NS(=O)(=O)c1ccc(C(=O)N(C)C)cc1)C(=O)O. The second-order valence-corrected chi connectivity index (χ2v) is 7.12. The van der Waals surface area contributed by atoms with Crippen LogP contribution < -0.4 is 4.72 Å². The standard InChI is InChI=1S/C14H20N2O5S/c1-9(2)12(14(18)19)15-22(20,21)11-7-5-10(6-8-11)13(17)16(3)4/h5-9,12,15H,1-4H3,(H,18,19)/t12-/m1/s1. The first-order chi connectivity index (χ1) is 10.1. The minimum absolute atomic E-state index is 0.0882. The van der Waals surface area contributed by atoms with Crippen LogP contribution in [0.4, 0.5) is 0 Å². The lowest BCUT2D eigenvalue weighted by atomic mass is 10.1. The van der Waals surface area contributed by atoms with Gasteiger partial charge in [0, 0.05) is 19.7 Å². The van der Waals surface area contributed by atoms with Crippen LogP contribution in [0.3, 0.4) is 0 Å². The van der Waals surface area contributed by atoms with Gasteiger partial charge in [0.25, 0.3) is 5.91 Å². The predicted molar refractivity (Wildman–Crippen MR) is 81.0 cm³/mol. The third kappa shape index (κ3) is 4.28. The van der Waals surface area contributed by atoms with Crippen LogP contribution in [0.25, 0.3) is 0 Å². The number of benzene rings is 1. The molecule has 2 N–H and O–H groups in total. The summed E-state index contributed by atoms with van der Waals surface area (Å²) in [6, 6.07) is 4.12. The normalized spacial score (nSPS) is 13.0. The van der Waals surface area contributed by atoms with Crippen LogP contribution in [0.15, 0.2) is 29.2 Å². The van der Waals surface area contributed by atoms with Gasteiger partial charge in [-0.3, -0.25) is 9.59 Å². The van der Waals surface area contributed by atoms with E-state index in [2.05, 4.69) is 4.72 Å². The highest BCUT2D eigenvalue weighted by atomic mass is 32.2. The molecule has 0 radical (unpaired) electrons. The largest absolute Gasteiger partial charge is 0.480 e. The lowest BCUT2D eigenvalue weighted by Crippen LogP contribution is -2.44. The van der Waals surface area contributed by atoms with E-state index in [0.717, 1.165) is 0 Å². The van der Waals surface area contributed by atoms with Crippen molar-refractivity contribution in [2.45, 2.75) is 24.8 Å². The summed E-state index contributed by atoms with van der Waals surface area (Å²) in [5, 5.41) is 9.05. The molecule has 1 atom stereocenters. The zero-order valence-electron chi connectivity index (χ0n) is 12.9. The molecule has 0 fully saturated rings. The highest BCUT2D eigenvalue weighted by molar-refractivity contribution is 7.89. The highest BCUT2D eigenvalue weighted by Crippen LogP contribution is 2.14. The van der Waals surface area contributed by atoms with Gasteiger partial charge in [0.05, 0.1) is 4.90 Å². The number of carbonyl (C=O) groups is 2. The van der Waals surface area contributed by atoms with E-state index in [1.165, 1.54) is 29.2 Å². The molecule has 0 bridgehead atoms. The lowest BCUT2D eigenvalue weighted by molar-refractivity contribution is -0.140. The summed E-state index contributed by atoms with van der Waals surface area (Å²) in [6.45, 7) is 3.22. The van der Waals surface area contributed by atoms with Crippen molar-refractivity contribution in [2.75, 3.05) is 14.1 Å². The van der Waals surface area contributed by atoms with Crippen molar-refractivity contribution < 1.29 is 23.1 Å². The molecule has 122 valence electrons. The summed E-state index contributed by atoms with van der Waals surface area (Å²) in [5.74, 6) is -1.89. The first kappa shape index (κ1) is 18.1. The number of hydrogen-bond acceptors (Lipinski definition) is 4. The summed E-state index contributed by atoms with van der Waals surface area (Å²) in [7, 11) is -0.784. The molecule has 0 heterocycles. The summed E-state index contributed by atoms with van der Waals surface area (Å²) in [6.07, 6.45) is 0. The molecule has 0 aliphatic carbocycles. The molecule has 0 spiro atoms. The number of aliphatic carboxylic acids is 1.